The van der Waals surface area contributed by atoms with Crippen LogP contribution in [-0.2, 0) is 26.9 Å². The van der Waals surface area contributed by atoms with Gasteiger partial charge in [0, 0.05) is 36.1 Å². The quantitative estimate of drug-likeness (QED) is 0.0595. The molecule has 1 aromatic heterocycles. The van der Waals surface area contributed by atoms with Gasteiger partial charge in [-0.2, -0.15) is 0 Å². The molecule has 1 atom stereocenters. The third-order valence-corrected chi connectivity index (χ3v) is 17.4. The molecule has 70 heavy (non-hydrogen) atoms. The molecule has 7 rings (SSSR count). The molecular formula is C57H68N4O8Si. The molecule has 5 aromatic carbocycles. The second kappa shape index (κ2) is 22.4. The number of phenols is 1. The maximum absolute atomic E-state index is 13.3. The minimum absolute atomic E-state index is 0.0183. The number of pyridine rings is 1. The monoisotopic (exact) mass is 964 g/mol. The van der Waals surface area contributed by atoms with Crippen molar-refractivity contribution in [1.82, 2.24) is 15.6 Å². The largest absolute Gasteiger partial charge is 0.506 e. The maximum Gasteiger partial charge on any atom is 0.411 e. The number of aromatic hydroxyl groups is 1. The number of hydrogen-bond acceptors (Lipinski definition) is 9. The number of H-pyrrole nitrogens is 1. The predicted molar refractivity (Wildman–Crippen MR) is 282 cm³/mol. The van der Waals surface area contributed by atoms with Crippen LogP contribution in [0.5, 0.6) is 17.2 Å². The average molecular weight is 965 g/mol. The van der Waals surface area contributed by atoms with Crippen LogP contribution in [0.15, 0.2) is 132 Å². The molecule has 0 saturated heterocycles. The first-order chi connectivity index (χ1) is 33.3. The van der Waals surface area contributed by atoms with Crippen LogP contribution in [-0.4, -0.2) is 54.9 Å². The number of hydrogen-bond donors (Lipinski definition) is 5. The summed E-state index contributed by atoms with van der Waals surface area (Å²) in [6.45, 7) is 17.7. The maximum atomic E-state index is 13.3. The molecule has 1 fully saturated rings. The van der Waals surface area contributed by atoms with Gasteiger partial charge in [-0.1, -0.05) is 106 Å². The van der Waals surface area contributed by atoms with Crippen LogP contribution < -0.4 is 26.2 Å². The van der Waals surface area contributed by atoms with Gasteiger partial charge in [-0.05, 0) is 141 Å². The van der Waals surface area contributed by atoms with Crippen LogP contribution in [0, 0.1) is 0 Å². The lowest BCUT2D eigenvalue weighted by atomic mass is 9.93. The highest BCUT2D eigenvalue weighted by Crippen LogP contribution is 2.41. The Labute approximate surface area is 413 Å². The third-order valence-electron chi connectivity index (χ3n) is 12.9. The number of nitrogens with one attached hydrogen (secondary N) is 4. The topological polar surface area (TPSA) is 160 Å². The SMILES string of the molecule is CC(C)(C)OC(=O)NC1CCC(OC(=O)Nc2cc(/C=C/Cc3ccc(Oc4ccc(CNC[C@@H](O[Si](C)(C)C(C)(C)C)c5ccc(O)c6[nH]c(=O)ccc56)cc4)cc3)ccc2-c2ccccc2)CC1. The first-order valence-corrected chi connectivity index (χ1v) is 27.1. The van der Waals surface area contributed by atoms with E-state index >= 15 is 0 Å². The van der Waals surface area contributed by atoms with Crippen molar-refractivity contribution in [1.29, 1.82) is 0 Å². The fourth-order valence-electron chi connectivity index (χ4n) is 8.20. The van der Waals surface area contributed by atoms with E-state index in [2.05, 4.69) is 73.0 Å². The Morgan fingerprint density at radius 2 is 1.47 bits per heavy atom. The van der Waals surface area contributed by atoms with E-state index in [4.69, 9.17) is 18.6 Å². The Kier molecular flexibility index (Phi) is 16.4. The molecule has 0 unspecified atom stereocenters. The molecule has 368 valence electrons. The van der Waals surface area contributed by atoms with Crippen molar-refractivity contribution in [3.63, 3.8) is 0 Å². The van der Waals surface area contributed by atoms with Crippen LogP contribution >= 0.6 is 0 Å². The minimum atomic E-state index is -2.21. The number of rotatable bonds is 16. The molecule has 5 N–H and O–H groups in total. The summed E-state index contributed by atoms with van der Waals surface area (Å²) in [5, 5.41) is 20.8. The van der Waals surface area contributed by atoms with Crippen molar-refractivity contribution in [3.05, 3.63) is 160 Å². The average Bonchev–Trinajstić information content (AvgIpc) is 3.30. The molecule has 12 nitrogen and oxygen atoms in total. The molecule has 1 heterocycles. The fourth-order valence-corrected chi connectivity index (χ4v) is 9.47. The Morgan fingerprint density at radius 3 is 2.13 bits per heavy atom. The Bertz CT molecular complexity index is 2810. The fraction of sp³-hybridized carbons (Fsp3) is 0.351. The highest BCUT2D eigenvalue weighted by atomic mass is 28.4. The highest BCUT2D eigenvalue weighted by Gasteiger charge is 2.40. The van der Waals surface area contributed by atoms with E-state index in [1.807, 2.05) is 118 Å². The zero-order valence-electron chi connectivity index (χ0n) is 41.7. The van der Waals surface area contributed by atoms with Crippen LogP contribution in [0.25, 0.3) is 28.1 Å². The normalized spacial score (nSPS) is 15.9. The van der Waals surface area contributed by atoms with E-state index in [1.54, 1.807) is 12.1 Å². The van der Waals surface area contributed by atoms with E-state index in [0.29, 0.717) is 56.4 Å². The van der Waals surface area contributed by atoms with E-state index in [0.717, 1.165) is 50.3 Å². The van der Waals surface area contributed by atoms with Gasteiger partial charge in [0.05, 0.1) is 17.3 Å². The first kappa shape index (κ1) is 51.2. The van der Waals surface area contributed by atoms with Gasteiger partial charge in [-0.3, -0.25) is 10.1 Å². The summed E-state index contributed by atoms with van der Waals surface area (Å²) in [5.74, 6) is 1.49. The van der Waals surface area contributed by atoms with Gasteiger partial charge >= 0.3 is 12.2 Å². The molecule has 1 aliphatic rings. The van der Waals surface area contributed by atoms with Crippen LogP contribution in [0.1, 0.15) is 95.6 Å². The van der Waals surface area contributed by atoms with Crippen molar-refractivity contribution in [2.75, 3.05) is 11.9 Å². The standard InChI is InChI=1S/C57H68N4O8Si/c1-56(2,3)68-55(65)59-42-22-28-45(29-23-42)67-54(64)60-49-35-39(21-30-46(49)41-15-10-9-11-16-41)14-12-13-38-17-24-43(25-18-38)66-44-26-19-40(20-27-44)36-58-37-51(69-70(7,8)57(4,5)6)47-31-33-50(62)53-48(47)32-34-52(63)61-53/h9-12,14-21,24-27,30-35,42,45,51,58,62H,13,22-23,28-29,36-37H2,1-8H3,(H,59,65)(H,60,64)(H,61,63)/b14-12+/t42?,45?,51-/m1/s1. The van der Waals surface area contributed by atoms with Crippen molar-refractivity contribution in [2.45, 2.75) is 122 Å². The molecule has 0 aliphatic heterocycles. The number of alkyl carbamates (subject to hydrolysis) is 1. The number of aromatic amines is 1. The lowest BCUT2D eigenvalue weighted by Crippen LogP contribution is -2.43. The lowest BCUT2D eigenvalue weighted by molar-refractivity contribution is 0.0440. The number of amides is 2. The third kappa shape index (κ3) is 14.2. The molecule has 0 bridgehead atoms. The summed E-state index contributed by atoms with van der Waals surface area (Å²) in [7, 11) is -2.21. The van der Waals surface area contributed by atoms with Crippen molar-refractivity contribution >= 4 is 43.2 Å². The van der Waals surface area contributed by atoms with E-state index < -0.39 is 26.1 Å². The molecule has 1 aliphatic carbocycles. The summed E-state index contributed by atoms with van der Waals surface area (Å²) < 4.78 is 24.5. The zero-order chi connectivity index (χ0) is 50.1. The summed E-state index contributed by atoms with van der Waals surface area (Å²) in [6, 6.07) is 38.7. The van der Waals surface area contributed by atoms with Crippen molar-refractivity contribution in [2.24, 2.45) is 0 Å². The summed E-state index contributed by atoms with van der Waals surface area (Å²) in [6.07, 6.45) is 6.04. The summed E-state index contributed by atoms with van der Waals surface area (Å²) >= 11 is 0. The second-order valence-electron chi connectivity index (χ2n) is 20.6. The number of fused-ring (bicyclic) bond motifs is 1. The van der Waals surface area contributed by atoms with E-state index in [9.17, 15) is 19.5 Å². The highest BCUT2D eigenvalue weighted by molar-refractivity contribution is 6.74. The number of carbonyl (C=O) groups excluding carboxylic acids is 2. The van der Waals surface area contributed by atoms with Gasteiger partial charge < -0.3 is 39.4 Å². The van der Waals surface area contributed by atoms with Gasteiger partial charge in [0.25, 0.3) is 0 Å². The predicted octanol–water partition coefficient (Wildman–Crippen LogP) is 13.2. The van der Waals surface area contributed by atoms with Crippen LogP contribution in [0.2, 0.25) is 18.1 Å². The molecular weight excluding hydrogens is 897 g/mol. The lowest BCUT2D eigenvalue weighted by Gasteiger charge is -2.39. The smallest absolute Gasteiger partial charge is 0.411 e. The molecule has 6 aromatic rings. The number of benzene rings is 5. The summed E-state index contributed by atoms with van der Waals surface area (Å²) in [4.78, 5) is 40.4. The van der Waals surface area contributed by atoms with Gasteiger partial charge in [-0.15, -0.1) is 0 Å². The van der Waals surface area contributed by atoms with Crippen LogP contribution in [0.4, 0.5) is 15.3 Å². The minimum Gasteiger partial charge on any atom is -0.506 e. The van der Waals surface area contributed by atoms with Gasteiger partial charge in [0.2, 0.25) is 5.56 Å². The molecule has 1 saturated carbocycles. The second-order valence-corrected chi connectivity index (χ2v) is 25.4. The van der Waals surface area contributed by atoms with Crippen molar-refractivity contribution < 1.29 is 33.3 Å². The Morgan fingerprint density at radius 1 is 0.800 bits per heavy atom. The number of allylic oxidation sites excluding steroid dienone is 1. The molecule has 0 spiro atoms. The first-order valence-electron chi connectivity index (χ1n) is 24.2. The molecule has 13 heteroatoms. The number of carbonyl (C=O) groups is 2. The van der Waals surface area contributed by atoms with Crippen molar-refractivity contribution in [3.8, 4) is 28.4 Å². The Hall–Kier alpha value is -6.67. The van der Waals surface area contributed by atoms with Gasteiger partial charge in [0.1, 0.15) is 29.0 Å². The Balaban J connectivity index is 0.918. The molecule has 0 radical (unpaired) electrons. The zero-order valence-corrected chi connectivity index (χ0v) is 42.7. The number of ether oxygens (including phenoxy) is 3. The van der Waals surface area contributed by atoms with Gasteiger partial charge in [0.15, 0.2) is 8.32 Å². The van der Waals surface area contributed by atoms with E-state index in [1.165, 1.54) is 6.07 Å². The van der Waals surface area contributed by atoms with Gasteiger partial charge in [-0.25, -0.2) is 9.59 Å². The van der Waals surface area contributed by atoms with E-state index in [-0.39, 0.29) is 34.6 Å². The molecule has 2 amide bonds. The van der Waals surface area contributed by atoms with Crippen LogP contribution in [0.3, 0.4) is 0 Å². The number of anilines is 1. The number of aromatic nitrogens is 1. The number of phenolic OH excluding ortho intramolecular Hbond substituents is 1. The summed E-state index contributed by atoms with van der Waals surface area (Å²) in [5.41, 5.74) is 6.15.